The maximum atomic E-state index is 12.8. The summed E-state index contributed by atoms with van der Waals surface area (Å²) in [6.45, 7) is 1.89. The highest BCUT2D eigenvalue weighted by Crippen LogP contribution is 2.48. The molecule has 1 aromatic carbocycles. The van der Waals surface area contributed by atoms with Gasteiger partial charge in [-0.15, -0.1) is 11.3 Å². The summed E-state index contributed by atoms with van der Waals surface area (Å²) in [5.74, 6) is -2.15. The van der Waals surface area contributed by atoms with Gasteiger partial charge in [0.2, 0.25) is 5.91 Å². The van der Waals surface area contributed by atoms with Gasteiger partial charge in [0.15, 0.2) is 0 Å². The normalized spacial score (nSPS) is 27.4. The van der Waals surface area contributed by atoms with Crippen LogP contribution in [0.3, 0.4) is 0 Å². The largest absolute Gasteiger partial charge is 0.481 e. The number of thiazole rings is 1. The first-order valence-corrected chi connectivity index (χ1v) is 9.65. The minimum atomic E-state index is -0.879. The van der Waals surface area contributed by atoms with Crippen LogP contribution in [0.5, 0.6) is 0 Å². The van der Waals surface area contributed by atoms with Gasteiger partial charge in [0.25, 0.3) is 0 Å². The van der Waals surface area contributed by atoms with E-state index in [9.17, 15) is 14.7 Å². The average Bonchev–Trinajstić information content (AvgIpc) is 3.37. The number of benzene rings is 1. The van der Waals surface area contributed by atoms with Crippen LogP contribution < -0.4 is 5.32 Å². The molecule has 5 nitrogen and oxygen atoms in total. The van der Waals surface area contributed by atoms with E-state index in [1.54, 1.807) is 0 Å². The predicted octanol–water partition coefficient (Wildman–Crippen LogP) is 3.51. The second-order valence-electron chi connectivity index (χ2n) is 7.01. The van der Waals surface area contributed by atoms with Crippen molar-refractivity contribution in [2.45, 2.75) is 19.4 Å². The molecule has 2 aliphatic rings. The van der Waals surface area contributed by atoms with E-state index < -0.39 is 17.8 Å². The lowest BCUT2D eigenvalue weighted by atomic mass is 9.82. The van der Waals surface area contributed by atoms with Gasteiger partial charge in [0.05, 0.1) is 23.6 Å². The third-order valence-electron chi connectivity index (χ3n) is 5.37. The van der Waals surface area contributed by atoms with Crippen molar-refractivity contribution in [3.8, 4) is 11.3 Å². The fraction of sp³-hybridized carbons (Fsp3) is 0.350. The lowest BCUT2D eigenvalue weighted by Gasteiger charge is -2.25. The summed E-state index contributed by atoms with van der Waals surface area (Å²) in [7, 11) is 0. The Balaban J connectivity index is 1.47. The molecule has 134 valence electrons. The van der Waals surface area contributed by atoms with Crippen molar-refractivity contribution in [3.63, 3.8) is 0 Å². The summed E-state index contributed by atoms with van der Waals surface area (Å²) in [6.07, 6.45) is 4.71. The fourth-order valence-corrected chi connectivity index (χ4v) is 4.95. The topological polar surface area (TPSA) is 79.3 Å². The Kier molecular flexibility index (Phi) is 4.36. The standard InChI is InChI=1S/C20H20N2O3S/c1-11(19-22-15(10-26-19)12-5-3-2-4-6-12)21-18(23)16-13-7-8-14(9-13)17(16)20(24)25/h2-8,10-11,13-14,16-17H,9H2,1H3,(H,21,23)(H,24,25)/t11-,13-,14-,16+,17-/m0/s1. The van der Waals surface area contributed by atoms with Crippen LogP contribution in [0.4, 0.5) is 0 Å². The van der Waals surface area contributed by atoms with Crippen molar-refractivity contribution < 1.29 is 14.7 Å². The summed E-state index contributed by atoms with van der Waals surface area (Å²) in [6, 6.07) is 9.65. The molecule has 0 saturated heterocycles. The number of carbonyl (C=O) groups is 2. The molecule has 0 spiro atoms. The highest BCUT2D eigenvalue weighted by Gasteiger charge is 2.51. The number of hydrogen-bond acceptors (Lipinski definition) is 4. The Bertz CT molecular complexity index is 861. The van der Waals surface area contributed by atoms with Crippen LogP contribution >= 0.6 is 11.3 Å². The smallest absolute Gasteiger partial charge is 0.307 e. The van der Waals surface area contributed by atoms with Gasteiger partial charge < -0.3 is 10.4 Å². The SMILES string of the molecule is C[C@H](NC(=O)[C@H]1[C@@H](C(=O)O)[C@H]2C=C[C@H]1C2)c1nc(-c2ccccc2)cs1. The first kappa shape index (κ1) is 17.0. The molecule has 4 rings (SSSR count). The third kappa shape index (κ3) is 2.94. The van der Waals surface area contributed by atoms with Crippen LogP contribution in [0, 0.1) is 23.7 Å². The van der Waals surface area contributed by atoms with Gasteiger partial charge in [-0.2, -0.15) is 0 Å². The number of hydrogen-bond donors (Lipinski definition) is 2. The number of rotatable bonds is 5. The molecule has 1 saturated carbocycles. The van der Waals surface area contributed by atoms with Gasteiger partial charge in [-0.3, -0.25) is 9.59 Å². The van der Waals surface area contributed by atoms with Crippen LogP contribution in [-0.2, 0) is 9.59 Å². The molecule has 1 amide bonds. The molecule has 26 heavy (non-hydrogen) atoms. The van der Waals surface area contributed by atoms with Crippen LogP contribution in [-0.4, -0.2) is 22.0 Å². The zero-order valence-electron chi connectivity index (χ0n) is 14.3. The Hall–Kier alpha value is -2.47. The van der Waals surface area contributed by atoms with E-state index in [-0.39, 0.29) is 23.8 Å². The number of amides is 1. The second kappa shape index (κ2) is 6.68. The molecule has 1 fully saturated rings. The Morgan fingerprint density at radius 2 is 1.88 bits per heavy atom. The van der Waals surface area contributed by atoms with Crippen molar-refractivity contribution in [3.05, 3.63) is 52.9 Å². The molecule has 6 heteroatoms. The maximum Gasteiger partial charge on any atom is 0.307 e. The highest BCUT2D eigenvalue weighted by molar-refractivity contribution is 7.10. The summed E-state index contributed by atoms with van der Waals surface area (Å²) in [5, 5.41) is 15.3. The minimum absolute atomic E-state index is 0.0203. The fourth-order valence-electron chi connectivity index (χ4n) is 4.12. The molecule has 0 aliphatic heterocycles. The molecule has 5 atom stereocenters. The highest BCUT2D eigenvalue weighted by atomic mass is 32.1. The van der Waals surface area contributed by atoms with Crippen molar-refractivity contribution in [2.24, 2.45) is 23.7 Å². The number of carbonyl (C=O) groups excluding carboxylic acids is 1. The van der Waals surface area contributed by atoms with Crippen LogP contribution in [0.1, 0.15) is 24.4 Å². The van der Waals surface area contributed by atoms with E-state index in [2.05, 4.69) is 10.3 Å². The molecule has 2 N–H and O–H groups in total. The predicted molar refractivity (Wildman–Crippen MR) is 99.5 cm³/mol. The number of nitrogens with zero attached hydrogens (tertiary/aromatic N) is 1. The molecule has 2 aliphatic carbocycles. The zero-order chi connectivity index (χ0) is 18.3. The van der Waals surface area contributed by atoms with Gasteiger partial charge in [-0.25, -0.2) is 4.98 Å². The Morgan fingerprint density at radius 3 is 2.58 bits per heavy atom. The Labute approximate surface area is 155 Å². The van der Waals surface area contributed by atoms with Crippen LogP contribution in [0.2, 0.25) is 0 Å². The molecule has 0 radical (unpaired) electrons. The van der Waals surface area contributed by atoms with E-state index in [4.69, 9.17) is 0 Å². The molecular formula is C20H20N2O3S. The summed E-state index contributed by atoms with van der Waals surface area (Å²) in [4.78, 5) is 29.0. The van der Waals surface area contributed by atoms with Crippen molar-refractivity contribution >= 4 is 23.2 Å². The number of aromatic nitrogens is 1. The molecule has 2 aromatic rings. The summed E-state index contributed by atoms with van der Waals surface area (Å²) in [5.41, 5.74) is 1.93. The lowest BCUT2D eigenvalue weighted by Crippen LogP contribution is -2.41. The third-order valence-corrected chi connectivity index (χ3v) is 6.40. The van der Waals surface area contributed by atoms with Gasteiger partial charge in [-0.05, 0) is 25.2 Å². The zero-order valence-corrected chi connectivity index (χ0v) is 15.1. The van der Waals surface area contributed by atoms with E-state index in [1.807, 2.05) is 54.8 Å². The van der Waals surface area contributed by atoms with Crippen molar-refractivity contribution in [2.75, 3.05) is 0 Å². The molecule has 1 aromatic heterocycles. The maximum absolute atomic E-state index is 12.8. The van der Waals surface area contributed by atoms with Crippen molar-refractivity contribution in [1.82, 2.24) is 10.3 Å². The monoisotopic (exact) mass is 368 g/mol. The number of carboxylic acid groups (broad SMARTS) is 1. The molecule has 1 heterocycles. The first-order valence-electron chi connectivity index (χ1n) is 8.77. The minimum Gasteiger partial charge on any atom is -0.481 e. The van der Waals surface area contributed by atoms with Gasteiger partial charge >= 0.3 is 5.97 Å². The van der Waals surface area contributed by atoms with Gasteiger partial charge in [0.1, 0.15) is 5.01 Å². The van der Waals surface area contributed by atoms with E-state index in [1.165, 1.54) is 11.3 Å². The second-order valence-corrected chi connectivity index (χ2v) is 7.90. The summed E-state index contributed by atoms with van der Waals surface area (Å²) >= 11 is 1.50. The van der Waals surface area contributed by atoms with E-state index >= 15 is 0 Å². The summed E-state index contributed by atoms with van der Waals surface area (Å²) < 4.78 is 0. The average molecular weight is 368 g/mol. The quantitative estimate of drug-likeness (QED) is 0.792. The molecule has 0 unspecified atom stereocenters. The molecular weight excluding hydrogens is 348 g/mol. The number of nitrogens with one attached hydrogen (secondary N) is 1. The lowest BCUT2D eigenvalue weighted by molar-refractivity contribution is -0.148. The Morgan fingerprint density at radius 1 is 1.19 bits per heavy atom. The van der Waals surface area contributed by atoms with E-state index in [0.29, 0.717) is 0 Å². The van der Waals surface area contributed by atoms with E-state index in [0.717, 1.165) is 22.7 Å². The number of carboxylic acids is 1. The van der Waals surface area contributed by atoms with Gasteiger partial charge in [-0.1, -0.05) is 42.5 Å². The van der Waals surface area contributed by atoms with Crippen LogP contribution in [0.15, 0.2) is 47.9 Å². The van der Waals surface area contributed by atoms with Crippen molar-refractivity contribution in [1.29, 1.82) is 0 Å². The molecule has 2 bridgehead atoms. The number of aliphatic carboxylic acids is 1. The first-order chi connectivity index (χ1) is 12.5. The van der Waals surface area contributed by atoms with Gasteiger partial charge in [0, 0.05) is 10.9 Å². The van der Waals surface area contributed by atoms with Crippen LogP contribution in [0.25, 0.3) is 11.3 Å². The number of fused-ring (bicyclic) bond motifs is 2. The number of allylic oxidation sites excluding steroid dienone is 2.